The number of nitrogens with one attached hydrogen (secondary N) is 1. The van der Waals surface area contributed by atoms with Crippen LogP contribution in [0.1, 0.15) is 37.3 Å². The van der Waals surface area contributed by atoms with Gasteiger partial charge in [-0.15, -0.1) is 11.3 Å². The lowest BCUT2D eigenvalue weighted by molar-refractivity contribution is 0.0323. The summed E-state index contributed by atoms with van der Waals surface area (Å²) >= 11 is 1.70. The van der Waals surface area contributed by atoms with E-state index in [4.69, 9.17) is 0 Å². The average molecular weight is 271 g/mol. The molecule has 0 aliphatic heterocycles. The Morgan fingerprint density at radius 1 is 1.33 bits per heavy atom. The molecule has 104 valence electrons. The van der Waals surface area contributed by atoms with Crippen LogP contribution in [0, 0.1) is 6.92 Å². The molecule has 1 aromatic heterocycles. The van der Waals surface area contributed by atoms with Gasteiger partial charge in [0.25, 0.3) is 0 Å². The van der Waals surface area contributed by atoms with Crippen LogP contribution in [0.3, 0.4) is 0 Å². The molecule has 0 bridgehead atoms. The van der Waals surface area contributed by atoms with E-state index in [0.29, 0.717) is 6.54 Å². The highest BCUT2D eigenvalue weighted by Crippen LogP contribution is 2.24. The van der Waals surface area contributed by atoms with Crippen LogP contribution in [-0.2, 0) is 6.54 Å². The number of aromatic nitrogens is 1. The summed E-state index contributed by atoms with van der Waals surface area (Å²) in [6, 6.07) is 0. The molecule has 0 spiro atoms. The quantitative estimate of drug-likeness (QED) is 0.798. The SMILES string of the molecule is CCC(O)(CC)CNCc1sc(N(C)C)nc1C. The number of hydrogen-bond donors (Lipinski definition) is 2. The second kappa shape index (κ2) is 6.50. The van der Waals surface area contributed by atoms with Gasteiger partial charge in [-0.2, -0.15) is 0 Å². The fourth-order valence-corrected chi connectivity index (χ4v) is 2.63. The number of anilines is 1. The maximum Gasteiger partial charge on any atom is 0.185 e. The van der Waals surface area contributed by atoms with E-state index < -0.39 is 5.60 Å². The Morgan fingerprint density at radius 2 is 1.94 bits per heavy atom. The number of thiazole rings is 1. The minimum atomic E-state index is -0.580. The molecule has 0 fully saturated rings. The number of hydrogen-bond acceptors (Lipinski definition) is 5. The van der Waals surface area contributed by atoms with Crippen LogP contribution in [0.15, 0.2) is 0 Å². The Balaban J connectivity index is 2.54. The van der Waals surface area contributed by atoms with Gasteiger partial charge < -0.3 is 15.3 Å². The molecular formula is C13H25N3OS. The van der Waals surface area contributed by atoms with Gasteiger partial charge in [0, 0.05) is 32.1 Å². The predicted octanol–water partition coefficient (Wildman–Crippen LogP) is 2.16. The van der Waals surface area contributed by atoms with E-state index in [2.05, 4.69) is 10.3 Å². The summed E-state index contributed by atoms with van der Waals surface area (Å²) in [5.41, 5.74) is 0.496. The molecule has 0 atom stereocenters. The Bertz CT molecular complexity index is 372. The first kappa shape index (κ1) is 15.4. The van der Waals surface area contributed by atoms with Gasteiger partial charge in [-0.25, -0.2) is 4.98 Å². The molecule has 0 saturated carbocycles. The third-order valence-corrected chi connectivity index (χ3v) is 4.64. The van der Waals surface area contributed by atoms with Gasteiger partial charge in [0.2, 0.25) is 0 Å². The summed E-state index contributed by atoms with van der Waals surface area (Å²) < 4.78 is 0. The van der Waals surface area contributed by atoms with Crippen LogP contribution in [-0.4, -0.2) is 36.3 Å². The molecule has 1 aromatic rings. The molecular weight excluding hydrogens is 246 g/mol. The van der Waals surface area contributed by atoms with Crippen molar-refractivity contribution in [3.8, 4) is 0 Å². The smallest absolute Gasteiger partial charge is 0.185 e. The van der Waals surface area contributed by atoms with Gasteiger partial charge in [-0.1, -0.05) is 13.8 Å². The highest BCUT2D eigenvalue weighted by Gasteiger charge is 2.21. The maximum atomic E-state index is 10.2. The molecule has 0 unspecified atom stereocenters. The van der Waals surface area contributed by atoms with Gasteiger partial charge in [0.1, 0.15) is 0 Å². The van der Waals surface area contributed by atoms with Crippen molar-refractivity contribution >= 4 is 16.5 Å². The van der Waals surface area contributed by atoms with Gasteiger partial charge in [0.15, 0.2) is 5.13 Å². The summed E-state index contributed by atoms with van der Waals surface area (Å²) in [4.78, 5) is 7.77. The average Bonchev–Trinajstić information content (AvgIpc) is 2.71. The maximum absolute atomic E-state index is 10.2. The largest absolute Gasteiger partial charge is 0.389 e. The molecule has 0 aliphatic rings. The summed E-state index contributed by atoms with van der Waals surface area (Å²) in [6.07, 6.45) is 1.56. The number of rotatable bonds is 7. The number of nitrogens with zero attached hydrogens (tertiary/aromatic N) is 2. The summed E-state index contributed by atoms with van der Waals surface area (Å²) in [5, 5.41) is 14.6. The van der Waals surface area contributed by atoms with Gasteiger partial charge >= 0.3 is 0 Å². The lowest BCUT2D eigenvalue weighted by Crippen LogP contribution is -2.39. The van der Waals surface area contributed by atoms with Gasteiger partial charge in [-0.3, -0.25) is 0 Å². The molecule has 5 heteroatoms. The van der Waals surface area contributed by atoms with Crippen LogP contribution in [0.25, 0.3) is 0 Å². The fraction of sp³-hybridized carbons (Fsp3) is 0.769. The normalized spacial score (nSPS) is 11.9. The first-order chi connectivity index (χ1) is 8.41. The van der Waals surface area contributed by atoms with Gasteiger partial charge in [0.05, 0.1) is 11.3 Å². The fourth-order valence-electron chi connectivity index (χ4n) is 1.68. The second-order valence-electron chi connectivity index (χ2n) is 4.93. The van der Waals surface area contributed by atoms with Crippen molar-refractivity contribution < 1.29 is 5.11 Å². The zero-order valence-electron chi connectivity index (χ0n) is 12.1. The molecule has 1 rings (SSSR count). The number of aryl methyl sites for hydroxylation is 1. The molecule has 4 nitrogen and oxygen atoms in total. The highest BCUT2D eigenvalue weighted by atomic mass is 32.1. The highest BCUT2D eigenvalue weighted by molar-refractivity contribution is 7.15. The van der Waals surface area contributed by atoms with Crippen molar-refractivity contribution in [1.82, 2.24) is 10.3 Å². The monoisotopic (exact) mass is 271 g/mol. The van der Waals surface area contributed by atoms with E-state index in [1.165, 1.54) is 4.88 Å². The molecule has 0 aliphatic carbocycles. The third-order valence-electron chi connectivity index (χ3n) is 3.32. The van der Waals surface area contributed by atoms with Gasteiger partial charge in [-0.05, 0) is 19.8 Å². The van der Waals surface area contributed by atoms with E-state index in [9.17, 15) is 5.11 Å². The first-order valence-electron chi connectivity index (χ1n) is 6.48. The van der Waals surface area contributed by atoms with Crippen LogP contribution in [0.4, 0.5) is 5.13 Å². The second-order valence-corrected chi connectivity index (χ2v) is 6.00. The molecule has 0 amide bonds. The van der Waals surface area contributed by atoms with E-state index in [-0.39, 0.29) is 0 Å². The molecule has 18 heavy (non-hydrogen) atoms. The molecule has 0 aromatic carbocycles. The third kappa shape index (κ3) is 3.93. The molecule has 1 heterocycles. The minimum Gasteiger partial charge on any atom is -0.389 e. The Labute approximate surface area is 114 Å². The molecule has 0 radical (unpaired) electrons. The van der Waals surface area contributed by atoms with E-state index in [1.807, 2.05) is 39.8 Å². The first-order valence-corrected chi connectivity index (χ1v) is 7.30. The van der Waals surface area contributed by atoms with Crippen LogP contribution in [0.2, 0.25) is 0 Å². The van der Waals surface area contributed by atoms with E-state index >= 15 is 0 Å². The minimum absolute atomic E-state index is 0.580. The van der Waals surface area contributed by atoms with Crippen molar-refractivity contribution in [3.63, 3.8) is 0 Å². The predicted molar refractivity (Wildman–Crippen MR) is 78.4 cm³/mol. The number of aliphatic hydroxyl groups is 1. The van der Waals surface area contributed by atoms with Crippen molar-refractivity contribution in [3.05, 3.63) is 10.6 Å². The van der Waals surface area contributed by atoms with Crippen molar-refractivity contribution in [2.24, 2.45) is 0 Å². The van der Waals surface area contributed by atoms with Crippen molar-refractivity contribution in [2.45, 2.75) is 45.8 Å². The molecule has 2 N–H and O–H groups in total. The van der Waals surface area contributed by atoms with E-state index in [1.54, 1.807) is 11.3 Å². The van der Waals surface area contributed by atoms with Crippen LogP contribution >= 0.6 is 11.3 Å². The summed E-state index contributed by atoms with van der Waals surface area (Å²) in [6.45, 7) is 7.49. The Hall–Kier alpha value is -0.650. The summed E-state index contributed by atoms with van der Waals surface area (Å²) in [7, 11) is 4.00. The Morgan fingerprint density at radius 3 is 2.39 bits per heavy atom. The van der Waals surface area contributed by atoms with Crippen LogP contribution < -0.4 is 10.2 Å². The zero-order chi connectivity index (χ0) is 13.8. The van der Waals surface area contributed by atoms with E-state index in [0.717, 1.165) is 30.2 Å². The lowest BCUT2D eigenvalue weighted by Gasteiger charge is -2.25. The Kier molecular flexibility index (Phi) is 5.56. The standard InChI is InChI=1S/C13H25N3OS/c1-6-13(17,7-2)9-14-8-11-10(3)15-12(18-11)16(4)5/h14,17H,6-9H2,1-5H3. The molecule has 0 saturated heterocycles. The van der Waals surface area contributed by atoms with Crippen molar-refractivity contribution in [1.29, 1.82) is 0 Å². The lowest BCUT2D eigenvalue weighted by atomic mass is 9.98. The zero-order valence-corrected chi connectivity index (χ0v) is 12.9. The topological polar surface area (TPSA) is 48.4 Å². The van der Waals surface area contributed by atoms with Crippen molar-refractivity contribution in [2.75, 3.05) is 25.5 Å². The van der Waals surface area contributed by atoms with Crippen LogP contribution in [0.5, 0.6) is 0 Å². The summed E-state index contributed by atoms with van der Waals surface area (Å²) in [5.74, 6) is 0.